The third kappa shape index (κ3) is 1.92. The number of fused-ring (bicyclic) bond motifs is 2. The molecule has 0 saturated heterocycles. The van der Waals surface area contributed by atoms with Gasteiger partial charge in [0.1, 0.15) is 17.5 Å². The van der Waals surface area contributed by atoms with Gasteiger partial charge in [0.15, 0.2) is 0 Å². The van der Waals surface area contributed by atoms with Crippen molar-refractivity contribution < 1.29 is 0 Å². The third-order valence-corrected chi connectivity index (χ3v) is 4.39. The fourth-order valence-corrected chi connectivity index (χ4v) is 3.50. The Hall–Kier alpha value is -2.08. The van der Waals surface area contributed by atoms with Crippen LogP contribution in [0.5, 0.6) is 0 Å². The van der Waals surface area contributed by atoms with Gasteiger partial charge in [-0.3, -0.25) is 0 Å². The van der Waals surface area contributed by atoms with E-state index in [4.69, 9.17) is 5.73 Å². The van der Waals surface area contributed by atoms with Gasteiger partial charge in [-0.15, -0.1) is 0 Å². The standard InChI is InChI=1S/C14H13N5S/c15-14-8-6-20-7-11(8)18-13(19-14)5-12-16-9-3-1-2-4-10(9)17-12/h1-4H,5-7H2,(H,16,17)(H2,15,18,19). The Morgan fingerprint density at radius 1 is 1.15 bits per heavy atom. The van der Waals surface area contributed by atoms with Crippen molar-refractivity contribution in [2.24, 2.45) is 0 Å². The molecule has 0 unspecified atom stereocenters. The van der Waals surface area contributed by atoms with E-state index in [9.17, 15) is 0 Å². The Morgan fingerprint density at radius 3 is 2.95 bits per heavy atom. The molecule has 3 N–H and O–H groups in total. The molecule has 0 radical (unpaired) electrons. The second-order valence-corrected chi connectivity index (χ2v) is 5.81. The lowest BCUT2D eigenvalue weighted by atomic mass is 10.2. The van der Waals surface area contributed by atoms with Gasteiger partial charge < -0.3 is 10.7 Å². The van der Waals surface area contributed by atoms with E-state index in [1.807, 2.05) is 36.0 Å². The number of hydrogen-bond acceptors (Lipinski definition) is 5. The second-order valence-electron chi connectivity index (χ2n) is 4.82. The first-order chi connectivity index (χ1) is 9.79. The summed E-state index contributed by atoms with van der Waals surface area (Å²) in [4.78, 5) is 16.9. The molecule has 0 saturated carbocycles. The Morgan fingerprint density at radius 2 is 2.05 bits per heavy atom. The van der Waals surface area contributed by atoms with Crippen LogP contribution in [-0.2, 0) is 17.9 Å². The van der Waals surface area contributed by atoms with Gasteiger partial charge in [-0.25, -0.2) is 15.0 Å². The SMILES string of the molecule is Nc1nc(Cc2nc3ccccc3[nH]2)nc2c1CSC2. The number of H-pyrrole nitrogens is 1. The van der Waals surface area contributed by atoms with E-state index in [0.717, 1.165) is 45.4 Å². The average Bonchev–Trinajstić information content (AvgIpc) is 3.04. The van der Waals surface area contributed by atoms with Crippen molar-refractivity contribution >= 4 is 28.6 Å². The average molecular weight is 283 g/mol. The van der Waals surface area contributed by atoms with Gasteiger partial charge in [0.2, 0.25) is 0 Å². The number of rotatable bonds is 2. The van der Waals surface area contributed by atoms with Gasteiger partial charge in [0.25, 0.3) is 0 Å². The Labute approximate surface area is 120 Å². The number of hydrogen-bond donors (Lipinski definition) is 2. The molecule has 4 rings (SSSR count). The van der Waals surface area contributed by atoms with E-state index < -0.39 is 0 Å². The van der Waals surface area contributed by atoms with E-state index in [1.54, 1.807) is 0 Å². The highest BCUT2D eigenvalue weighted by atomic mass is 32.2. The minimum atomic E-state index is 0.580. The lowest BCUT2D eigenvalue weighted by molar-refractivity contribution is 0.896. The molecule has 1 aliphatic rings. The smallest absolute Gasteiger partial charge is 0.138 e. The maximum absolute atomic E-state index is 6.01. The first kappa shape index (κ1) is 11.7. The van der Waals surface area contributed by atoms with Gasteiger partial charge in [-0.2, -0.15) is 11.8 Å². The topological polar surface area (TPSA) is 80.5 Å². The van der Waals surface area contributed by atoms with Gasteiger partial charge in [-0.1, -0.05) is 12.1 Å². The first-order valence-electron chi connectivity index (χ1n) is 6.45. The third-order valence-electron chi connectivity index (χ3n) is 3.42. The highest BCUT2D eigenvalue weighted by Crippen LogP contribution is 2.31. The lowest BCUT2D eigenvalue weighted by Crippen LogP contribution is -2.06. The molecule has 1 aliphatic heterocycles. The number of nitrogens with two attached hydrogens (primary N) is 1. The molecule has 6 heteroatoms. The van der Waals surface area contributed by atoms with E-state index in [2.05, 4.69) is 19.9 Å². The number of nitrogen functional groups attached to an aromatic ring is 1. The van der Waals surface area contributed by atoms with Crippen LogP contribution in [0.4, 0.5) is 5.82 Å². The molecule has 0 spiro atoms. The summed E-state index contributed by atoms with van der Waals surface area (Å²) in [5.74, 6) is 4.08. The van der Waals surface area contributed by atoms with Crippen molar-refractivity contribution in [3.63, 3.8) is 0 Å². The summed E-state index contributed by atoms with van der Waals surface area (Å²) in [5, 5.41) is 0. The molecule has 0 amide bonds. The summed E-state index contributed by atoms with van der Waals surface area (Å²) >= 11 is 1.83. The van der Waals surface area contributed by atoms with Crippen LogP contribution in [-0.4, -0.2) is 19.9 Å². The van der Waals surface area contributed by atoms with Crippen molar-refractivity contribution in [2.45, 2.75) is 17.9 Å². The van der Waals surface area contributed by atoms with Crippen LogP contribution in [0.3, 0.4) is 0 Å². The molecule has 1 aromatic carbocycles. The molecule has 3 aromatic rings. The van der Waals surface area contributed by atoms with E-state index in [-0.39, 0.29) is 0 Å². The van der Waals surface area contributed by atoms with Crippen molar-refractivity contribution in [3.8, 4) is 0 Å². The van der Waals surface area contributed by atoms with Crippen LogP contribution in [0, 0.1) is 0 Å². The first-order valence-corrected chi connectivity index (χ1v) is 7.60. The lowest BCUT2D eigenvalue weighted by Gasteiger charge is -2.04. The molecule has 20 heavy (non-hydrogen) atoms. The van der Waals surface area contributed by atoms with Crippen molar-refractivity contribution in [1.82, 2.24) is 19.9 Å². The van der Waals surface area contributed by atoms with Gasteiger partial charge in [0, 0.05) is 17.1 Å². The van der Waals surface area contributed by atoms with Crippen LogP contribution in [0.1, 0.15) is 22.9 Å². The largest absolute Gasteiger partial charge is 0.383 e. The van der Waals surface area contributed by atoms with Crippen LogP contribution in [0.2, 0.25) is 0 Å². The van der Waals surface area contributed by atoms with Gasteiger partial charge in [-0.05, 0) is 12.1 Å². The van der Waals surface area contributed by atoms with Crippen molar-refractivity contribution in [3.05, 3.63) is 47.2 Å². The van der Waals surface area contributed by atoms with E-state index in [0.29, 0.717) is 12.2 Å². The molecular formula is C14H13N5S. The molecule has 0 fully saturated rings. The summed E-state index contributed by atoms with van der Waals surface area (Å²) in [6.07, 6.45) is 0.580. The highest BCUT2D eigenvalue weighted by Gasteiger charge is 2.18. The van der Waals surface area contributed by atoms with Crippen molar-refractivity contribution in [1.29, 1.82) is 0 Å². The minimum Gasteiger partial charge on any atom is -0.383 e. The molecule has 0 bridgehead atoms. The molecule has 0 atom stereocenters. The quantitative estimate of drug-likeness (QED) is 0.754. The number of imidazole rings is 1. The normalized spacial score (nSPS) is 13.8. The predicted octanol–water partition coefficient (Wildman–Crippen LogP) is 2.27. The number of aromatic amines is 1. The van der Waals surface area contributed by atoms with Gasteiger partial charge in [0.05, 0.1) is 23.1 Å². The molecule has 2 aromatic heterocycles. The highest BCUT2D eigenvalue weighted by molar-refractivity contribution is 7.98. The fraction of sp³-hybridized carbons (Fsp3) is 0.214. The summed E-state index contributed by atoms with van der Waals surface area (Å²) in [6.45, 7) is 0. The van der Waals surface area contributed by atoms with Gasteiger partial charge >= 0.3 is 0 Å². The Bertz CT molecular complexity index is 762. The fourth-order valence-electron chi connectivity index (χ4n) is 2.45. The summed E-state index contributed by atoms with van der Waals surface area (Å²) < 4.78 is 0. The molecule has 0 aliphatic carbocycles. The maximum Gasteiger partial charge on any atom is 0.138 e. The zero-order valence-electron chi connectivity index (χ0n) is 10.8. The second kappa shape index (κ2) is 4.49. The van der Waals surface area contributed by atoms with Crippen molar-refractivity contribution in [2.75, 3.05) is 5.73 Å². The maximum atomic E-state index is 6.01. The number of aromatic nitrogens is 4. The summed E-state index contributed by atoms with van der Waals surface area (Å²) in [7, 11) is 0. The number of para-hydroxylation sites is 2. The van der Waals surface area contributed by atoms with Crippen LogP contribution < -0.4 is 5.73 Å². The molecule has 5 nitrogen and oxygen atoms in total. The predicted molar refractivity (Wildman–Crippen MR) is 80.3 cm³/mol. The van der Waals surface area contributed by atoms with E-state index >= 15 is 0 Å². The molecule has 100 valence electrons. The minimum absolute atomic E-state index is 0.580. The van der Waals surface area contributed by atoms with Crippen LogP contribution in [0.25, 0.3) is 11.0 Å². The van der Waals surface area contributed by atoms with E-state index in [1.165, 1.54) is 0 Å². The number of anilines is 1. The molecule has 3 heterocycles. The molecular weight excluding hydrogens is 270 g/mol. The number of nitrogens with zero attached hydrogens (tertiary/aromatic N) is 3. The van der Waals surface area contributed by atoms with Crippen LogP contribution >= 0.6 is 11.8 Å². The summed E-state index contributed by atoms with van der Waals surface area (Å²) in [6, 6.07) is 7.98. The summed E-state index contributed by atoms with van der Waals surface area (Å²) in [5.41, 5.74) is 10.2. The number of thioether (sulfide) groups is 1. The zero-order valence-corrected chi connectivity index (χ0v) is 11.6. The monoisotopic (exact) mass is 283 g/mol. The Kier molecular flexibility index (Phi) is 2.63. The number of benzene rings is 1. The zero-order chi connectivity index (χ0) is 13.5. The Balaban J connectivity index is 1.70. The number of nitrogens with one attached hydrogen (secondary N) is 1. The van der Waals surface area contributed by atoms with Crippen LogP contribution in [0.15, 0.2) is 24.3 Å².